The quantitative estimate of drug-likeness (QED) is 0.296. The van der Waals surface area contributed by atoms with Crippen molar-refractivity contribution in [1.29, 1.82) is 0 Å². The first-order valence-electron chi connectivity index (χ1n) is 8.92. The summed E-state index contributed by atoms with van der Waals surface area (Å²) in [4.78, 5) is 0. The van der Waals surface area contributed by atoms with Crippen LogP contribution in [0.5, 0.6) is 0 Å². The van der Waals surface area contributed by atoms with Gasteiger partial charge >= 0.3 is 0 Å². The smallest absolute Gasteiger partial charge is 0.0273 e. The Balaban J connectivity index is 3.30. The molecule has 1 heteroatoms. The molecule has 1 unspecified atom stereocenters. The Morgan fingerprint density at radius 3 is 1.65 bits per heavy atom. The fraction of sp³-hybridized carbons (Fsp3) is 0.895. The van der Waals surface area contributed by atoms with Gasteiger partial charge in [-0.25, -0.2) is 0 Å². The standard InChI is InChI=1S/C19H39N/c1-5-7-8-9-10-11-12-13-14-15-16-17-19(3,4)18(20)6-2/h6,18H,2,5,7-17,20H2,1,3-4H3. The largest absolute Gasteiger partial charge is 0.324 e. The molecule has 0 aromatic carbocycles. The molecule has 0 radical (unpaired) electrons. The van der Waals surface area contributed by atoms with E-state index in [0.29, 0.717) is 0 Å². The zero-order valence-electron chi connectivity index (χ0n) is 14.4. The van der Waals surface area contributed by atoms with Gasteiger partial charge in [0.25, 0.3) is 0 Å². The van der Waals surface area contributed by atoms with Gasteiger partial charge in [-0.05, 0) is 11.8 Å². The second kappa shape index (κ2) is 12.4. The van der Waals surface area contributed by atoms with Crippen LogP contribution in [0, 0.1) is 5.41 Å². The summed E-state index contributed by atoms with van der Waals surface area (Å²) in [7, 11) is 0. The van der Waals surface area contributed by atoms with Crippen molar-refractivity contribution in [1.82, 2.24) is 0 Å². The van der Waals surface area contributed by atoms with E-state index in [2.05, 4.69) is 27.4 Å². The second-order valence-corrected chi connectivity index (χ2v) is 7.04. The minimum atomic E-state index is 0.130. The average Bonchev–Trinajstić information content (AvgIpc) is 2.43. The third kappa shape index (κ3) is 10.5. The zero-order valence-corrected chi connectivity index (χ0v) is 14.4. The van der Waals surface area contributed by atoms with Crippen LogP contribution in [0.25, 0.3) is 0 Å². The van der Waals surface area contributed by atoms with Crippen LogP contribution in [0.2, 0.25) is 0 Å². The molecule has 0 aromatic heterocycles. The number of rotatable bonds is 14. The molecule has 2 N–H and O–H groups in total. The van der Waals surface area contributed by atoms with E-state index in [1.54, 1.807) is 0 Å². The van der Waals surface area contributed by atoms with E-state index in [-0.39, 0.29) is 11.5 Å². The molecule has 0 aliphatic heterocycles. The first kappa shape index (κ1) is 19.7. The topological polar surface area (TPSA) is 26.0 Å². The van der Waals surface area contributed by atoms with Gasteiger partial charge in [-0.1, -0.05) is 97.5 Å². The van der Waals surface area contributed by atoms with Crippen LogP contribution in [0.15, 0.2) is 12.7 Å². The van der Waals surface area contributed by atoms with E-state index in [0.717, 1.165) is 0 Å². The minimum Gasteiger partial charge on any atom is -0.324 e. The van der Waals surface area contributed by atoms with Gasteiger partial charge in [-0.2, -0.15) is 0 Å². The average molecular weight is 282 g/mol. The second-order valence-electron chi connectivity index (χ2n) is 7.04. The summed E-state index contributed by atoms with van der Waals surface area (Å²) in [5.41, 5.74) is 6.27. The van der Waals surface area contributed by atoms with Gasteiger partial charge in [0.2, 0.25) is 0 Å². The Morgan fingerprint density at radius 2 is 1.25 bits per heavy atom. The van der Waals surface area contributed by atoms with Crippen LogP contribution in [0.4, 0.5) is 0 Å². The Morgan fingerprint density at radius 1 is 0.850 bits per heavy atom. The summed E-state index contributed by atoms with van der Waals surface area (Å²) in [6.07, 6.45) is 18.6. The molecule has 0 spiro atoms. The van der Waals surface area contributed by atoms with Crippen molar-refractivity contribution in [3.05, 3.63) is 12.7 Å². The first-order valence-corrected chi connectivity index (χ1v) is 8.92. The van der Waals surface area contributed by atoms with Crippen molar-refractivity contribution in [2.45, 2.75) is 104 Å². The summed E-state index contributed by atoms with van der Waals surface area (Å²) < 4.78 is 0. The van der Waals surface area contributed by atoms with Crippen molar-refractivity contribution >= 4 is 0 Å². The molecule has 0 saturated carbocycles. The van der Waals surface area contributed by atoms with Crippen LogP contribution < -0.4 is 5.73 Å². The van der Waals surface area contributed by atoms with Crippen LogP contribution in [-0.4, -0.2) is 6.04 Å². The van der Waals surface area contributed by atoms with Crippen LogP contribution in [-0.2, 0) is 0 Å². The van der Waals surface area contributed by atoms with Crippen LogP contribution >= 0.6 is 0 Å². The molecule has 20 heavy (non-hydrogen) atoms. The van der Waals surface area contributed by atoms with Gasteiger partial charge in [-0.3, -0.25) is 0 Å². The predicted octanol–water partition coefficient (Wildman–Crippen LogP) is 6.23. The molecule has 0 bridgehead atoms. The molecule has 0 aliphatic rings. The fourth-order valence-corrected chi connectivity index (χ4v) is 2.73. The van der Waals surface area contributed by atoms with E-state index in [1.165, 1.54) is 77.0 Å². The van der Waals surface area contributed by atoms with Crippen molar-refractivity contribution in [3.8, 4) is 0 Å². The molecule has 0 fully saturated rings. The Bertz CT molecular complexity index is 220. The molecule has 1 nitrogen and oxygen atoms in total. The molecular formula is C19H39N. The first-order chi connectivity index (χ1) is 9.54. The Hall–Kier alpha value is -0.300. The zero-order chi connectivity index (χ0) is 15.3. The highest BCUT2D eigenvalue weighted by atomic mass is 14.7. The number of hydrogen-bond acceptors (Lipinski definition) is 1. The van der Waals surface area contributed by atoms with Crippen molar-refractivity contribution in [2.75, 3.05) is 0 Å². The molecule has 0 heterocycles. The lowest BCUT2D eigenvalue weighted by Gasteiger charge is -2.29. The highest BCUT2D eigenvalue weighted by molar-refractivity contribution is 4.93. The Kier molecular flexibility index (Phi) is 12.3. The molecular weight excluding hydrogens is 242 g/mol. The van der Waals surface area contributed by atoms with E-state index in [9.17, 15) is 0 Å². The number of nitrogens with two attached hydrogens (primary N) is 1. The van der Waals surface area contributed by atoms with Crippen molar-refractivity contribution in [3.63, 3.8) is 0 Å². The van der Waals surface area contributed by atoms with Crippen molar-refractivity contribution < 1.29 is 0 Å². The van der Waals surface area contributed by atoms with Gasteiger partial charge in [0.05, 0.1) is 0 Å². The summed E-state index contributed by atoms with van der Waals surface area (Å²) in [6.45, 7) is 10.6. The lowest BCUT2D eigenvalue weighted by molar-refractivity contribution is 0.285. The summed E-state index contributed by atoms with van der Waals surface area (Å²) >= 11 is 0. The van der Waals surface area contributed by atoms with Gasteiger partial charge in [0.15, 0.2) is 0 Å². The monoisotopic (exact) mass is 281 g/mol. The minimum absolute atomic E-state index is 0.130. The van der Waals surface area contributed by atoms with E-state index < -0.39 is 0 Å². The van der Waals surface area contributed by atoms with Crippen LogP contribution in [0.3, 0.4) is 0 Å². The molecule has 1 atom stereocenters. The SMILES string of the molecule is C=CC(N)C(C)(C)CCCCCCCCCCCCC. The van der Waals surface area contributed by atoms with E-state index >= 15 is 0 Å². The summed E-state index contributed by atoms with van der Waals surface area (Å²) in [6, 6.07) is 0.130. The molecule has 0 aliphatic carbocycles. The van der Waals surface area contributed by atoms with E-state index in [1.807, 2.05) is 6.08 Å². The normalized spacial score (nSPS) is 13.4. The fourth-order valence-electron chi connectivity index (χ4n) is 2.73. The highest BCUT2D eigenvalue weighted by Gasteiger charge is 2.23. The Labute approximate surface area is 128 Å². The van der Waals surface area contributed by atoms with Gasteiger partial charge in [-0.15, -0.1) is 6.58 Å². The maximum Gasteiger partial charge on any atom is 0.0273 e. The predicted molar refractivity (Wildman–Crippen MR) is 93.0 cm³/mol. The van der Waals surface area contributed by atoms with Gasteiger partial charge in [0, 0.05) is 6.04 Å². The molecule has 120 valence electrons. The maximum atomic E-state index is 6.06. The van der Waals surface area contributed by atoms with Crippen LogP contribution in [0.1, 0.15) is 97.8 Å². The lowest BCUT2D eigenvalue weighted by atomic mass is 9.80. The molecule has 0 rings (SSSR count). The molecule has 0 amide bonds. The molecule has 0 aromatic rings. The van der Waals surface area contributed by atoms with Crippen molar-refractivity contribution in [2.24, 2.45) is 11.1 Å². The van der Waals surface area contributed by atoms with Gasteiger partial charge in [0.1, 0.15) is 0 Å². The third-order valence-corrected chi connectivity index (χ3v) is 4.58. The maximum absolute atomic E-state index is 6.06. The number of unbranched alkanes of at least 4 members (excludes halogenated alkanes) is 10. The number of hydrogen-bond donors (Lipinski definition) is 1. The summed E-state index contributed by atoms with van der Waals surface area (Å²) in [5, 5.41) is 0. The summed E-state index contributed by atoms with van der Waals surface area (Å²) in [5.74, 6) is 0. The molecule has 0 saturated heterocycles. The van der Waals surface area contributed by atoms with Gasteiger partial charge < -0.3 is 5.73 Å². The van der Waals surface area contributed by atoms with E-state index in [4.69, 9.17) is 5.73 Å². The third-order valence-electron chi connectivity index (χ3n) is 4.58. The highest BCUT2D eigenvalue weighted by Crippen LogP contribution is 2.27. The lowest BCUT2D eigenvalue weighted by Crippen LogP contribution is -2.35.